The first-order valence-corrected chi connectivity index (χ1v) is 7.21. The predicted molar refractivity (Wildman–Crippen MR) is 76.9 cm³/mol. The summed E-state index contributed by atoms with van der Waals surface area (Å²) in [7, 11) is 1.65. The van der Waals surface area contributed by atoms with E-state index in [0.29, 0.717) is 0 Å². The lowest BCUT2D eigenvalue weighted by molar-refractivity contribution is 0.119. The van der Waals surface area contributed by atoms with E-state index in [1.54, 1.807) is 7.11 Å². The van der Waals surface area contributed by atoms with Crippen molar-refractivity contribution < 1.29 is 4.84 Å². The summed E-state index contributed by atoms with van der Waals surface area (Å²) >= 11 is 0. The van der Waals surface area contributed by atoms with E-state index in [0.717, 1.165) is 30.3 Å². The van der Waals surface area contributed by atoms with E-state index in [1.807, 2.05) is 13.0 Å². The first-order valence-electron chi connectivity index (χ1n) is 7.21. The van der Waals surface area contributed by atoms with Crippen molar-refractivity contribution in [2.75, 3.05) is 13.7 Å². The highest BCUT2D eigenvalue weighted by atomic mass is 16.6. The zero-order valence-electron chi connectivity index (χ0n) is 12.1. The zero-order valence-corrected chi connectivity index (χ0v) is 12.1. The van der Waals surface area contributed by atoms with E-state index in [1.165, 1.54) is 32.1 Å². The minimum Gasteiger partial charge on any atom is -0.383 e. The molecule has 0 bridgehead atoms. The molecule has 3 nitrogen and oxygen atoms in total. The summed E-state index contributed by atoms with van der Waals surface area (Å²) in [6.07, 6.45) is 12.2. The van der Waals surface area contributed by atoms with Gasteiger partial charge in [-0.1, -0.05) is 38.3 Å². The number of allylic oxidation sites excluding steroid dienone is 2. The Morgan fingerprint density at radius 1 is 1.22 bits per heavy atom. The van der Waals surface area contributed by atoms with Crippen LogP contribution in [0.3, 0.4) is 0 Å². The van der Waals surface area contributed by atoms with Gasteiger partial charge in [0, 0.05) is 6.54 Å². The van der Waals surface area contributed by atoms with E-state index in [9.17, 15) is 0 Å². The van der Waals surface area contributed by atoms with Gasteiger partial charge in [0.15, 0.2) is 0 Å². The van der Waals surface area contributed by atoms with Gasteiger partial charge in [-0.2, -0.15) is 0 Å². The van der Waals surface area contributed by atoms with E-state index in [2.05, 4.69) is 23.8 Å². The maximum atomic E-state index is 5.01. The summed E-state index contributed by atoms with van der Waals surface area (Å²) in [5, 5.41) is 3.58. The largest absolute Gasteiger partial charge is 0.383 e. The molecule has 1 aliphatic carbocycles. The number of hydrogen-bond donors (Lipinski definition) is 2. The van der Waals surface area contributed by atoms with Crippen LogP contribution in [0.4, 0.5) is 0 Å². The summed E-state index contributed by atoms with van der Waals surface area (Å²) in [6.45, 7) is 5.25. The molecule has 0 aromatic heterocycles. The van der Waals surface area contributed by atoms with Gasteiger partial charge in [0.2, 0.25) is 0 Å². The lowest BCUT2D eigenvalue weighted by atomic mass is 9.89. The Balaban J connectivity index is 2.49. The highest BCUT2D eigenvalue weighted by Gasteiger charge is 2.14. The Morgan fingerprint density at radius 2 is 1.94 bits per heavy atom. The second-order valence-electron chi connectivity index (χ2n) is 4.92. The molecule has 0 unspecified atom stereocenters. The summed E-state index contributed by atoms with van der Waals surface area (Å²) in [5.41, 5.74) is 5.12. The van der Waals surface area contributed by atoms with Crippen molar-refractivity contribution in [3.05, 3.63) is 23.5 Å². The molecule has 0 aromatic carbocycles. The third-order valence-electron chi connectivity index (χ3n) is 3.51. The number of hydrogen-bond acceptors (Lipinski definition) is 3. The number of rotatable bonds is 7. The van der Waals surface area contributed by atoms with E-state index >= 15 is 0 Å². The fraction of sp³-hybridized carbons (Fsp3) is 0.733. The summed E-state index contributed by atoms with van der Waals surface area (Å²) in [4.78, 5) is 5.01. The third-order valence-corrected chi connectivity index (χ3v) is 3.51. The van der Waals surface area contributed by atoms with Crippen molar-refractivity contribution >= 4 is 0 Å². The average molecular weight is 252 g/mol. The van der Waals surface area contributed by atoms with Crippen LogP contribution in [0.5, 0.6) is 0 Å². The quantitative estimate of drug-likeness (QED) is 0.537. The molecule has 3 heteroatoms. The van der Waals surface area contributed by atoms with Crippen LogP contribution in [0.15, 0.2) is 23.5 Å². The zero-order chi connectivity index (χ0) is 13.2. The molecular formula is C15H28N2O. The van der Waals surface area contributed by atoms with Crippen LogP contribution in [-0.4, -0.2) is 13.7 Å². The minimum atomic E-state index is 0.833. The van der Waals surface area contributed by atoms with E-state index in [-0.39, 0.29) is 0 Å². The fourth-order valence-corrected chi connectivity index (χ4v) is 2.51. The van der Waals surface area contributed by atoms with Crippen molar-refractivity contribution in [3.63, 3.8) is 0 Å². The first-order chi connectivity index (χ1) is 8.81. The van der Waals surface area contributed by atoms with Crippen molar-refractivity contribution in [2.24, 2.45) is 5.92 Å². The van der Waals surface area contributed by atoms with E-state index in [4.69, 9.17) is 4.84 Å². The normalized spacial score (nSPS) is 18.8. The Kier molecular flexibility index (Phi) is 7.58. The molecule has 1 aliphatic rings. The van der Waals surface area contributed by atoms with Crippen molar-refractivity contribution in [1.29, 1.82) is 0 Å². The maximum Gasteiger partial charge on any atom is 0.0789 e. The first kappa shape index (κ1) is 15.1. The van der Waals surface area contributed by atoms with Crippen LogP contribution in [0.25, 0.3) is 0 Å². The molecule has 0 heterocycles. The molecule has 104 valence electrons. The van der Waals surface area contributed by atoms with Gasteiger partial charge in [-0.25, -0.2) is 0 Å². The second-order valence-corrected chi connectivity index (χ2v) is 4.92. The molecule has 0 spiro atoms. The van der Waals surface area contributed by atoms with Gasteiger partial charge >= 0.3 is 0 Å². The molecule has 0 saturated heterocycles. The van der Waals surface area contributed by atoms with Gasteiger partial charge in [-0.3, -0.25) is 10.3 Å². The van der Waals surface area contributed by atoms with Crippen LogP contribution in [-0.2, 0) is 4.84 Å². The van der Waals surface area contributed by atoms with Crippen LogP contribution in [0, 0.1) is 5.92 Å². The van der Waals surface area contributed by atoms with Crippen LogP contribution < -0.4 is 10.8 Å². The molecule has 0 aromatic rings. The Labute approximate surface area is 112 Å². The molecule has 1 rings (SSSR count). The Bertz CT molecular complexity index is 278. The fourth-order valence-electron chi connectivity index (χ4n) is 2.51. The summed E-state index contributed by atoms with van der Waals surface area (Å²) in [6, 6.07) is 0. The van der Waals surface area contributed by atoms with Gasteiger partial charge in [0.1, 0.15) is 0 Å². The standard InChI is InChI=1S/C15H28N2O/c1-4-9-15(14(5-2)17-18-3)16-12-13-10-7-6-8-11-13/h5,9,13,16-17H,4,6-8,10-12H2,1-3H3/b14-5+,15-9+. The monoisotopic (exact) mass is 252 g/mol. The smallest absolute Gasteiger partial charge is 0.0789 e. The van der Waals surface area contributed by atoms with Crippen LogP contribution in [0.1, 0.15) is 52.4 Å². The number of nitrogens with one attached hydrogen (secondary N) is 2. The molecule has 0 atom stereocenters. The third kappa shape index (κ3) is 5.13. The average Bonchev–Trinajstić information content (AvgIpc) is 2.42. The molecular weight excluding hydrogens is 224 g/mol. The van der Waals surface area contributed by atoms with Crippen molar-refractivity contribution in [3.8, 4) is 0 Å². The minimum absolute atomic E-state index is 0.833. The molecule has 2 N–H and O–H groups in total. The lowest BCUT2D eigenvalue weighted by Crippen LogP contribution is -2.28. The van der Waals surface area contributed by atoms with Gasteiger partial charge in [0.05, 0.1) is 18.5 Å². The van der Waals surface area contributed by atoms with Crippen molar-refractivity contribution in [2.45, 2.75) is 52.4 Å². The Hall–Kier alpha value is -0.960. The molecule has 1 saturated carbocycles. The van der Waals surface area contributed by atoms with Crippen LogP contribution >= 0.6 is 0 Å². The lowest BCUT2D eigenvalue weighted by Gasteiger charge is -2.24. The molecule has 0 radical (unpaired) electrons. The highest BCUT2D eigenvalue weighted by Crippen LogP contribution is 2.23. The Morgan fingerprint density at radius 3 is 2.50 bits per heavy atom. The maximum absolute atomic E-state index is 5.01. The SMILES string of the molecule is C/C=C(NOC)\C(=C/CC)NCC1CCCCC1. The van der Waals surface area contributed by atoms with Crippen LogP contribution in [0.2, 0.25) is 0 Å². The second kappa shape index (κ2) is 9.03. The van der Waals surface area contributed by atoms with Gasteiger partial charge in [0.25, 0.3) is 0 Å². The van der Waals surface area contributed by atoms with Gasteiger partial charge in [-0.05, 0) is 32.1 Å². The predicted octanol–water partition coefficient (Wildman–Crippen LogP) is 3.51. The van der Waals surface area contributed by atoms with Gasteiger partial charge < -0.3 is 5.32 Å². The van der Waals surface area contributed by atoms with Crippen molar-refractivity contribution in [1.82, 2.24) is 10.8 Å². The molecule has 0 amide bonds. The topological polar surface area (TPSA) is 33.3 Å². The molecule has 0 aliphatic heterocycles. The summed E-state index contributed by atoms with van der Waals surface area (Å²) < 4.78 is 0. The number of hydroxylamine groups is 1. The van der Waals surface area contributed by atoms with Gasteiger partial charge in [-0.15, -0.1) is 0 Å². The molecule has 1 fully saturated rings. The highest BCUT2D eigenvalue weighted by molar-refractivity contribution is 5.26. The van der Waals surface area contributed by atoms with E-state index < -0.39 is 0 Å². The summed E-state index contributed by atoms with van der Waals surface area (Å²) in [5.74, 6) is 0.833. The molecule has 18 heavy (non-hydrogen) atoms.